The Bertz CT molecular complexity index is 903. The van der Waals surface area contributed by atoms with Gasteiger partial charge in [0.25, 0.3) is 5.91 Å². The quantitative estimate of drug-likeness (QED) is 0.0828. The van der Waals surface area contributed by atoms with E-state index in [1.807, 2.05) is 0 Å². The molecule has 0 spiro atoms. The Labute approximate surface area is 254 Å². The number of aliphatic hydroxyl groups excluding tert-OH is 7. The van der Waals surface area contributed by atoms with Crippen molar-refractivity contribution in [2.24, 2.45) is 34.6 Å². The van der Waals surface area contributed by atoms with Crippen LogP contribution >= 0.6 is 0 Å². The molecule has 2 aliphatic heterocycles. The third kappa shape index (κ3) is 8.00. The second-order valence-electron chi connectivity index (χ2n) is 11.6. The topological polar surface area (TPSA) is 341 Å². The standard InChI is InChI=1S/C25H50FN7O11/c26-8(5-28)16(35)24(41)33-10-4-9(30)13(23-15(32-3-1-2-27)21(40)18(37)11(6-29)42-23)19(38)22(10)44-25-20(39)14(31)17(36)12(7-34)43-25/h8-23,25,32,34-40H,1-7,27-31H2,(H,33,41). The molecule has 1 saturated carbocycles. The van der Waals surface area contributed by atoms with Crippen LogP contribution < -0.4 is 39.3 Å². The van der Waals surface area contributed by atoms with Crippen LogP contribution in [-0.4, -0.2) is 172 Å². The average Bonchev–Trinajstić information content (AvgIpc) is 3.00. The summed E-state index contributed by atoms with van der Waals surface area (Å²) < 4.78 is 31.6. The molecule has 19 heteroatoms. The van der Waals surface area contributed by atoms with Crippen LogP contribution in [0.25, 0.3) is 0 Å². The van der Waals surface area contributed by atoms with Crippen molar-refractivity contribution in [1.29, 1.82) is 0 Å². The molecule has 18 nitrogen and oxygen atoms in total. The van der Waals surface area contributed by atoms with Crippen molar-refractivity contribution in [2.45, 2.75) is 111 Å². The number of carbonyl (C=O) groups is 1. The summed E-state index contributed by atoms with van der Waals surface area (Å²) in [6.07, 6.45) is -18.0. The van der Waals surface area contributed by atoms with E-state index in [1.165, 1.54) is 0 Å². The van der Waals surface area contributed by atoms with E-state index in [2.05, 4.69) is 10.6 Å². The minimum absolute atomic E-state index is 0.160. The minimum atomic E-state index is -2.16. The second-order valence-corrected chi connectivity index (χ2v) is 11.6. The van der Waals surface area contributed by atoms with Crippen molar-refractivity contribution < 1.29 is 59.1 Å². The summed E-state index contributed by atoms with van der Waals surface area (Å²) >= 11 is 0. The normalized spacial score (nSPS) is 44.6. The van der Waals surface area contributed by atoms with E-state index in [9.17, 15) is 44.9 Å². The summed E-state index contributed by atoms with van der Waals surface area (Å²) in [5, 5.41) is 79.6. The molecule has 2 saturated heterocycles. The Morgan fingerprint density at radius 1 is 0.977 bits per heavy atom. The number of rotatable bonds is 13. The third-order valence-electron chi connectivity index (χ3n) is 8.70. The lowest BCUT2D eigenvalue weighted by Gasteiger charge is -2.53. The molecule has 0 radical (unpaired) electrons. The summed E-state index contributed by atoms with van der Waals surface area (Å²) in [5.74, 6) is -2.25. The van der Waals surface area contributed by atoms with E-state index < -0.39 is 123 Å². The largest absolute Gasteiger partial charge is 0.394 e. The van der Waals surface area contributed by atoms with Gasteiger partial charge in [0, 0.05) is 25.0 Å². The highest BCUT2D eigenvalue weighted by Gasteiger charge is 2.56. The number of carbonyl (C=O) groups excluding carboxylic acids is 1. The van der Waals surface area contributed by atoms with Crippen LogP contribution in [0, 0.1) is 5.92 Å². The van der Waals surface area contributed by atoms with Crippen molar-refractivity contribution in [1.82, 2.24) is 10.6 Å². The molecule has 17 atom stereocenters. The van der Waals surface area contributed by atoms with E-state index in [0.717, 1.165) is 0 Å². The summed E-state index contributed by atoms with van der Waals surface area (Å²) in [6, 6.07) is -4.52. The van der Waals surface area contributed by atoms with Gasteiger partial charge in [-0.25, -0.2) is 4.39 Å². The number of alkyl halides is 1. The van der Waals surface area contributed by atoms with Gasteiger partial charge in [-0.15, -0.1) is 0 Å². The third-order valence-corrected chi connectivity index (χ3v) is 8.70. The summed E-state index contributed by atoms with van der Waals surface area (Å²) in [7, 11) is 0. The predicted molar refractivity (Wildman–Crippen MR) is 150 cm³/mol. The predicted octanol–water partition coefficient (Wildman–Crippen LogP) is -8.26. The molecule has 0 aromatic carbocycles. The van der Waals surface area contributed by atoms with Gasteiger partial charge in [0.05, 0.1) is 43.0 Å². The van der Waals surface area contributed by atoms with E-state index in [0.29, 0.717) is 19.5 Å². The van der Waals surface area contributed by atoms with Gasteiger partial charge >= 0.3 is 0 Å². The van der Waals surface area contributed by atoms with Gasteiger partial charge in [-0.3, -0.25) is 4.79 Å². The maximum Gasteiger partial charge on any atom is 0.252 e. The highest BCUT2D eigenvalue weighted by molar-refractivity contribution is 5.81. The van der Waals surface area contributed by atoms with Crippen LogP contribution in [0.15, 0.2) is 0 Å². The molecule has 258 valence electrons. The number of nitrogens with one attached hydrogen (secondary N) is 2. The molecule has 1 amide bonds. The summed E-state index contributed by atoms with van der Waals surface area (Å²) in [6.45, 7) is -0.901. The number of hydrogen-bond acceptors (Lipinski definition) is 17. The van der Waals surface area contributed by atoms with Gasteiger partial charge in [0.1, 0.15) is 42.8 Å². The fourth-order valence-corrected chi connectivity index (χ4v) is 6.12. The number of aliphatic hydroxyl groups is 7. The maximum atomic E-state index is 14.0. The van der Waals surface area contributed by atoms with Crippen LogP contribution in [-0.2, 0) is 19.0 Å². The number of nitrogens with two attached hydrogens (primary N) is 5. The fraction of sp³-hybridized carbons (Fsp3) is 0.960. The number of ether oxygens (including phenoxy) is 3. The zero-order valence-electron chi connectivity index (χ0n) is 24.3. The molecule has 44 heavy (non-hydrogen) atoms. The first kappa shape index (κ1) is 37.2. The lowest BCUT2D eigenvalue weighted by molar-refractivity contribution is -0.307. The van der Waals surface area contributed by atoms with E-state index in [4.69, 9.17) is 42.9 Å². The zero-order valence-corrected chi connectivity index (χ0v) is 24.3. The Hall–Kier alpha value is -1.24. The maximum absolute atomic E-state index is 14.0. The van der Waals surface area contributed by atoms with Crippen molar-refractivity contribution in [3.8, 4) is 0 Å². The van der Waals surface area contributed by atoms with Crippen LogP contribution in [0.5, 0.6) is 0 Å². The van der Waals surface area contributed by atoms with E-state index in [1.54, 1.807) is 0 Å². The molecule has 0 aromatic rings. The number of halogens is 1. The fourth-order valence-electron chi connectivity index (χ4n) is 6.12. The Morgan fingerprint density at radius 2 is 1.66 bits per heavy atom. The first-order valence-electron chi connectivity index (χ1n) is 14.8. The summed E-state index contributed by atoms with van der Waals surface area (Å²) in [5.41, 5.74) is 29.1. The van der Waals surface area contributed by atoms with Crippen molar-refractivity contribution in [3.05, 3.63) is 0 Å². The molecule has 0 bridgehead atoms. The van der Waals surface area contributed by atoms with Gasteiger partial charge in [0.2, 0.25) is 0 Å². The monoisotopic (exact) mass is 643 g/mol. The molecule has 3 rings (SSSR count). The molecular weight excluding hydrogens is 593 g/mol. The van der Waals surface area contributed by atoms with E-state index >= 15 is 0 Å². The molecule has 1 aliphatic carbocycles. The van der Waals surface area contributed by atoms with Gasteiger partial charge in [-0.05, 0) is 25.9 Å². The Kier molecular flexibility index (Phi) is 14.0. The van der Waals surface area contributed by atoms with Crippen LogP contribution in [0.2, 0.25) is 0 Å². The van der Waals surface area contributed by atoms with Gasteiger partial charge in [0.15, 0.2) is 12.4 Å². The van der Waals surface area contributed by atoms with Crippen molar-refractivity contribution >= 4 is 5.91 Å². The molecule has 2 heterocycles. The molecule has 17 unspecified atom stereocenters. The SMILES string of the molecule is NCCCNC1C(O)C(O)C(CN)OC1C1C(N)CC(NC(=O)C(O)C(F)CN)C(OC2OC(CO)C(O)C(N)C2O)C1O. The average molecular weight is 644 g/mol. The van der Waals surface area contributed by atoms with E-state index in [-0.39, 0.29) is 13.0 Å². The number of hydrogen-bond donors (Lipinski definition) is 14. The molecule has 0 aromatic heterocycles. The Balaban J connectivity index is 1.97. The second kappa shape index (κ2) is 16.5. The highest BCUT2D eigenvalue weighted by Crippen LogP contribution is 2.37. The molecule has 3 fully saturated rings. The number of amides is 1. The van der Waals surface area contributed by atoms with Gasteiger partial charge < -0.3 is 89.3 Å². The van der Waals surface area contributed by atoms with Gasteiger partial charge in [-0.1, -0.05) is 0 Å². The highest BCUT2D eigenvalue weighted by atomic mass is 19.1. The lowest BCUT2D eigenvalue weighted by Crippen LogP contribution is -2.72. The van der Waals surface area contributed by atoms with Crippen LogP contribution in [0.4, 0.5) is 4.39 Å². The van der Waals surface area contributed by atoms with Crippen LogP contribution in [0.1, 0.15) is 12.8 Å². The van der Waals surface area contributed by atoms with Gasteiger partial charge in [-0.2, -0.15) is 0 Å². The molecular formula is C25H50FN7O11. The smallest absolute Gasteiger partial charge is 0.252 e. The van der Waals surface area contributed by atoms with Crippen molar-refractivity contribution in [3.63, 3.8) is 0 Å². The lowest BCUT2D eigenvalue weighted by atomic mass is 9.71. The van der Waals surface area contributed by atoms with Crippen LogP contribution in [0.3, 0.4) is 0 Å². The first-order chi connectivity index (χ1) is 20.8. The minimum Gasteiger partial charge on any atom is -0.394 e. The zero-order chi connectivity index (χ0) is 32.9. The Morgan fingerprint density at radius 3 is 2.25 bits per heavy atom. The molecule has 19 N–H and O–H groups in total. The summed E-state index contributed by atoms with van der Waals surface area (Å²) in [4.78, 5) is 12.7. The molecule has 3 aliphatic rings. The first-order valence-corrected chi connectivity index (χ1v) is 14.8. The van der Waals surface area contributed by atoms with Crippen molar-refractivity contribution in [2.75, 3.05) is 32.8 Å².